The average Bonchev–Trinajstić information content (AvgIpc) is 2.92. The molecule has 0 bridgehead atoms. The molecule has 13 atom stereocenters. The van der Waals surface area contributed by atoms with Crippen molar-refractivity contribution in [2.24, 2.45) is 50.2 Å². The first-order valence-electron chi connectivity index (χ1n) is 16.8. The molecule has 5 fully saturated rings. The number of rotatable bonds is 3. The minimum Gasteiger partial charge on any atom is -0.481 e. The molecule has 0 aromatic carbocycles. The number of hydrogen-bond donors (Lipinski definition) is 5. The molecule has 1 saturated heterocycles. The van der Waals surface area contributed by atoms with Gasteiger partial charge < -0.3 is 35.0 Å². The van der Waals surface area contributed by atoms with Crippen LogP contribution in [0.4, 0.5) is 0 Å². The molecule has 0 radical (unpaired) electrons. The Morgan fingerprint density at radius 2 is 1.53 bits per heavy atom. The van der Waals surface area contributed by atoms with E-state index in [0.717, 1.165) is 44.9 Å². The van der Waals surface area contributed by atoms with Crippen molar-refractivity contribution in [3.63, 3.8) is 0 Å². The Bertz CT molecular complexity index is 1160. The van der Waals surface area contributed by atoms with Crippen LogP contribution >= 0.6 is 0 Å². The van der Waals surface area contributed by atoms with Gasteiger partial charge in [-0.1, -0.05) is 60.1 Å². The SMILES string of the molecule is CC1(C)CCC2(C(=O)O)CCC3(C)C(=CCC4C5(C)CCC(OC6OCC(O)C(O)C6O)C(C)(C)C5CCC43C)C2C1O. The smallest absolute Gasteiger partial charge is 0.310 e. The highest BCUT2D eigenvalue weighted by atomic mass is 16.7. The van der Waals surface area contributed by atoms with Gasteiger partial charge in [-0.2, -0.15) is 0 Å². The second-order valence-corrected chi connectivity index (χ2v) is 17.4. The van der Waals surface area contributed by atoms with Crippen LogP contribution in [-0.4, -0.2) is 74.9 Å². The molecule has 6 rings (SSSR count). The van der Waals surface area contributed by atoms with Crippen LogP contribution in [0.15, 0.2) is 11.6 Å². The summed E-state index contributed by atoms with van der Waals surface area (Å²) >= 11 is 0. The van der Waals surface area contributed by atoms with Crippen molar-refractivity contribution in [3.05, 3.63) is 11.6 Å². The van der Waals surface area contributed by atoms with Crippen LogP contribution in [0.5, 0.6) is 0 Å². The third-order valence-corrected chi connectivity index (χ3v) is 15.0. The minimum atomic E-state index is -1.30. The summed E-state index contributed by atoms with van der Waals surface area (Å²) in [5, 5.41) is 53.2. The number of allylic oxidation sites excluding steroid dienone is 1. The fourth-order valence-electron chi connectivity index (χ4n) is 11.9. The standard InChI is InChI=1S/C35H56O8/c1-30(2)14-16-35(29(40)41)17-15-33(6)19(24(35)27(30)39)8-9-22-32(5)12-11-23(31(3,4)21(32)10-13-34(22,33)7)43-28-26(38)25(37)20(36)18-42-28/h8,20-28,36-39H,9-18H2,1-7H3,(H,40,41). The molecule has 0 amide bonds. The van der Waals surface area contributed by atoms with Crippen molar-refractivity contribution < 1.29 is 39.8 Å². The zero-order chi connectivity index (χ0) is 31.5. The lowest BCUT2D eigenvalue weighted by atomic mass is 9.33. The molecule has 0 aromatic heterocycles. The third kappa shape index (κ3) is 4.18. The van der Waals surface area contributed by atoms with Gasteiger partial charge in [0.15, 0.2) is 6.29 Å². The Morgan fingerprint density at radius 3 is 2.21 bits per heavy atom. The fraction of sp³-hybridized carbons (Fsp3) is 0.914. The van der Waals surface area contributed by atoms with Crippen molar-refractivity contribution in [3.8, 4) is 0 Å². The number of aliphatic hydroxyl groups excluding tert-OH is 4. The maximum absolute atomic E-state index is 12.9. The Morgan fingerprint density at radius 1 is 0.860 bits per heavy atom. The second kappa shape index (κ2) is 9.98. The van der Waals surface area contributed by atoms with E-state index >= 15 is 0 Å². The summed E-state index contributed by atoms with van der Waals surface area (Å²) in [6, 6.07) is 0. The number of aliphatic carboxylic acids is 1. The number of aliphatic hydroxyl groups is 4. The molecular weight excluding hydrogens is 548 g/mol. The largest absolute Gasteiger partial charge is 0.481 e. The summed E-state index contributed by atoms with van der Waals surface area (Å²) < 4.78 is 12.1. The molecule has 1 heterocycles. The van der Waals surface area contributed by atoms with E-state index < -0.39 is 42.1 Å². The van der Waals surface area contributed by atoms with E-state index in [1.165, 1.54) is 5.57 Å². The van der Waals surface area contributed by atoms with Crippen LogP contribution in [0, 0.1) is 50.2 Å². The normalized spacial score (nSPS) is 53.8. The van der Waals surface area contributed by atoms with Crippen molar-refractivity contribution in [2.45, 2.75) is 143 Å². The number of carboxylic acid groups (broad SMARTS) is 1. The van der Waals surface area contributed by atoms with Gasteiger partial charge in [-0.3, -0.25) is 4.79 Å². The lowest BCUT2D eigenvalue weighted by molar-refractivity contribution is -0.308. The van der Waals surface area contributed by atoms with E-state index in [1.54, 1.807) is 0 Å². The Labute approximate surface area is 257 Å². The first kappa shape index (κ1) is 31.9. The van der Waals surface area contributed by atoms with Gasteiger partial charge in [-0.05, 0) is 96.7 Å². The first-order valence-corrected chi connectivity index (χ1v) is 16.8. The molecule has 43 heavy (non-hydrogen) atoms. The van der Waals surface area contributed by atoms with E-state index in [9.17, 15) is 30.3 Å². The highest BCUT2D eigenvalue weighted by Gasteiger charge is 2.70. The second-order valence-electron chi connectivity index (χ2n) is 17.4. The molecule has 0 aromatic rings. The Kier molecular flexibility index (Phi) is 7.41. The molecule has 4 saturated carbocycles. The topological polar surface area (TPSA) is 137 Å². The Balaban J connectivity index is 1.32. The molecular formula is C35H56O8. The van der Waals surface area contributed by atoms with Crippen molar-refractivity contribution >= 4 is 5.97 Å². The van der Waals surface area contributed by atoms with Gasteiger partial charge in [-0.15, -0.1) is 0 Å². The number of fused-ring (bicyclic) bond motifs is 7. The van der Waals surface area contributed by atoms with Crippen LogP contribution in [0.1, 0.15) is 106 Å². The van der Waals surface area contributed by atoms with Crippen molar-refractivity contribution in [2.75, 3.05) is 6.61 Å². The zero-order valence-corrected chi connectivity index (χ0v) is 27.3. The average molecular weight is 605 g/mol. The van der Waals surface area contributed by atoms with Gasteiger partial charge in [0.1, 0.15) is 18.3 Å². The molecule has 0 spiro atoms. The van der Waals surface area contributed by atoms with Gasteiger partial charge in [0.05, 0.1) is 24.2 Å². The molecule has 6 aliphatic rings. The van der Waals surface area contributed by atoms with Crippen LogP contribution in [0.2, 0.25) is 0 Å². The first-order chi connectivity index (χ1) is 19.9. The maximum Gasteiger partial charge on any atom is 0.310 e. The van der Waals surface area contributed by atoms with E-state index in [2.05, 4.69) is 54.5 Å². The molecule has 8 nitrogen and oxygen atoms in total. The molecule has 244 valence electrons. The summed E-state index contributed by atoms with van der Waals surface area (Å²) in [7, 11) is 0. The van der Waals surface area contributed by atoms with Crippen LogP contribution in [0.25, 0.3) is 0 Å². The summed E-state index contributed by atoms with van der Waals surface area (Å²) in [4.78, 5) is 12.9. The van der Waals surface area contributed by atoms with E-state index in [4.69, 9.17) is 9.47 Å². The highest BCUT2D eigenvalue weighted by Crippen LogP contribution is 2.76. The zero-order valence-electron chi connectivity index (χ0n) is 27.3. The van der Waals surface area contributed by atoms with Crippen molar-refractivity contribution in [1.82, 2.24) is 0 Å². The summed E-state index contributed by atoms with van der Waals surface area (Å²) in [5.41, 5.74) is -0.388. The molecule has 5 N–H and O–H groups in total. The number of ether oxygens (including phenoxy) is 2. The number of hydrogen-bond acceptors (Lipinski definition) is 7. The highest BCUT2D eigenvalue weighted by molar-refractivity contribution is 5.77. The predicted molar refractivity (Wildman–Crippen MR) is 161 cm³/mol. The molecule has 8 heteroatoms. The van der Waals surface area contributed by atoms with E-state index in [1.807, 2.05) is 0 Å². The summed E-state index contributed by atoms with van der Waals surface area (Å²) in [6.07, 6.45) is 4.37. The van der Waals surface area contributed by atoms with Crippen LogP contribution < -0.4 is 0 Å². The van der Waals surface area contributed by atoms with Gasteiger partial charge in [0.25, 0.3) is 0 Å². The van der Waals surface area contributed by atoms with Crippen molar-refractivity contribution in [1.29, 1.82) is 0 Å². The van der Waals surface area contributed by atoms with Crippen LogP contribution in [0.3, 0.4) is 0 Å². The van der Waals surface area contributed by atoms with Crippen LogP contribution in [-0.2, 0) is 14.3 Å². The Hall–Kier alpha value is -1.03. The predicted octanol–water partition coefficient (Wildman–Crippen LogP) is 4.67. The minimum absolute atomic E-state index is 0.0268. The lowest BCUT2D eigenvalue weighted by Crippen LogP contribution is -2.67. The fourth-order valence-corrected chi connectivity index (χ4v) is 11.9. The van der Waals surface area contributed by atoms with Gasteiger partial charge in [0.2, 0.25) is 0 Å². The number of carboxylic acids is 1. The third-order valence-electron chi connectivity index (χ3n) is 15.0. The van der Waals surface area contributed by atoms with Gasteiger partial charge in [-0.25, -0.2) is 0 Å². The maximum atomic E-state index is 12.9. The molecule has 5 aliphatic carbocycles. The lowest BCUT2D eigenvalue weighted by Gasteiger charge is -2.71. The molecule has 13 unspecified atom stereocenters. The quantitative estimate of drug-likeness (QED) is 0.232. The summed E-state index contributed by atoms with van der Waals surface area (Å²) in [6.45, 7) is 16.0. The van der Waals surface area contributed by atoms with Gasteiger partial charge in [0, 0.05) is 5.92 Å². The van der Waals surface area contributed by atoms with E-state index in [0.29, 0.717) is 24.7 Å². The summed E-state index contributed by atoms with van der Waals surface area (Å²) in [5.74, 6) is -0.320. The number of carbonyl (C=O) groups is 1. The van der Waals surface area contributed by atoms with E-state index in [-0.39, 0.29) is 45.7 Å². The monoisotopic (exact) mass is 604 g/mol. The molecule has 1 aliphatic heterocycles. The van der Waals surface area contributed by atoms with Gasteiger partial charge >= 0.3 is 5.97 Å².